The molecular formula is C25H32ClN3O3. The van der Waals surface area contributed by atoms with Crippen LogP contribution in [0.4, 0.5) is 5.69 Å². The van der Waals surface area contributed by atoms with Crippen molar-refractivity contribution < 1.29 is 14.3 Å². The summed E-state index contributed by atoms with van der Waals surface area (Å²) in [5, 5.41) is 3.48. The Bertz CT molecular complexity index is 915. The van der Waals surface area contributed by atoms with E-state index in [1.165, 1.54) is 0 Å². The highest BCUT2D eigenvalue weighted by Crippen LogP contribution is 2.29. The van der Waals surface area contributed by atoms with E-state index in [1.54, 1.807) is 44.7 Å². The van der Waals surface area contributed by atoms with Gasteiger partial charge in [-0.15, -0.1) is 0 Å². The van der Waals surface area contributed by atoms with Gasteiger partial charge in [-0.3, -0.25) is 9.78 Å². The minimum absolute atomic E-state index is 0.153. The van der Waals surface area contributed by atoms with Crippen molar-refractivity contribution in [2.75, 3.05) is 40.7 Å². The number of nitrogens with zero attached hydrogens (tertiary/aromatic N) is 2. The lowest BCUT2D eigenvalue weighted by Crippen LogP contribution is -2.11. The summed E-state index contributed by atoms with van der Waals surface area (Å²) in [5.41, 5.74) is 3.97. The first kappa shape index (κ1) is 28.9. The molecule has 0 aliphatic rings. The third kappa shape index (κ3) is 11.4. The average Bonchev–Trinajstić information content (AvgIpc) is 2.78. The van der Waals surface area contributed by atoms with Gasteiger partial charge in [0.05, 0.1) is 10.7 Å². The first-order valence-electron chi connectivity index (χ1n) is 9.67. The Balaban J connectivity index is 0.000000926. The molecule has 0 fully saturated rings. The van der Waals surface area contributed by atoms with Crippen molar-refractivity contribution in [2.45, 2.75) is 6.92 Å². The number of halogens is 1. The van der Waals surface area contributed by atoms with E-state index in [2.05, 4.69) is 15.0 Å². The predicted molar refractivity (Wildman–Crippen MR) is 133 cm³/mol. The topological polar surface area (TPSA) is 71.5 Å². The number of hydrogen-bond donors (Lipinski definition) is 1. The van der Waals surface area contributed by atoms with Crippen LogP contribution in [0.2, 0.25) is 5.02 Å². The van der Waals surface area contributed by atoms with Crippen LogP contribution in [0.25, 0.3) is 11.3 Å². The quantitative estimate of drug-likeness (QED) is 0.583. The van der Waals surface area contributed by atoms with Gasteiger partial charge in [0, 0.05) is 37.2 Å². The molecule has 2 aromatic carbocycles. The zero-order valence-corrected chi connectivity index (χ0v) is 20.3. The molecule has 7 heteroatoms. The molecule has 1 heterocycles. The van der Waals surface area contributed by atoms with Crippen LogP contribution in [0.15, 0.2) is 66.9 Å². The Labute approximate surface area is 196 Å². The second-order valence-electron chi connectivity index (χ2n) is 6.98. The SMILES string of the molecule is C=O.CN(C)C.COC.Cc1ccc(C(=O)Nc2ccc(Cl)c(-c3ccccn3)c2)cc1. The van der Waals surface area contributed by atoms with E-state index in [9.17, 15) is 4.79 Å². The van der Waals surface area contributed by atoms with Crippen molar-refractivity contribution in [1.82, 2.24) is 9.88 Å². The highest BCUT2D eigenvalue weighted by molar-refractivity contribution is 6.33. The summed E-state index contributed by atoms with van der Waals surface area (Å²) < 4.78 is 4.25. The van der Waals surface area contributed by atoms with Crippen LogP contribution in [-0.2, 0) is 9.53 Å². The average molecular weight is 458 g/mol. The number of ether oxygens (including phenoxy) is 1. The summed E-state index contributed by atoms with van der Waals surface area (Å²) in [6.07, 6.45) is 1.71. The standard InChI is InChI=1S/C19H15ClN2O.C3H9N.C2H6O.CH2O/c1-13-5-7-14(8-6-13)19(23)22-15-9-10-17(20)16(12-15)18-4-2-3-11-21-18;1-4(2)3;1-3-2;1-2/h2-12H,1H3,(H,22,23);1-3H3;1-2H3;1H2. The van der Waals surface area contributed by atoms with Crippen molar-refractivity contribution in [3.8, 4) is 11.3 Å². The van der Waals surface area contributed by atoms with Crippen LogP contribution < -0.4 is 5.32 Å². The second kappa shape index (κ2) is 16.6. The maximum absolute atomic E-state index is 12.3. The molecule has 1 aromatic heterocycles. The maximum Gasteiger partial charge on any atom is 0.255 e. The van der Waals surface area contributed by atoms with Gasteiger partial charge in [0.2, 0.25) is 0 Å². The lowest BCUT2D eigenvalue weighted by molar-refractivity contribution is -0.0980. The largest absolute Gasteiger partial charge is 0.388 e. The predicted octanol–water partition coefficient (Wildman–Crippen LogP) is 5.22. The van der Waals surface area contributed by atoms with Gasteiger partial charge in [-0.05, 0) is 70.5 Å². The second-order valence-corrected chi connectivity index (χ2v) is 7.39. The van der Waals surface area contributed by atoms with E-state index < -0.39 is 0 Å². The van der Waals surface area contributed by atoms with Gasteiger partial charge in [-0.2, -0.15) is 0 Å². The molecule has 0 spiro atoms. The van der Waals surface area contributed by atoms with Crippen molar-refractivity contribution >= 4 is 30.0 Å². The molecule has 1 amide bonds. The lowest BCUT2D eigenvalue weighted by Gasteiger charge is -2.09. The molecule has 1 N–H and O–H groups in total. The number of nitrogens with one attached hydrogen (secondary N) is 1. The van der Waals surface area contributed by atoms with Crippen LogP contribution in [0.3, 0.4) is 0 Å². The number of amides is 1. The molecule has 0 bridgehead atoms. The summed E-state index contributed by atoms with van der Waals surface area (Å²) in [6, 6.07) is 18.4. The number of hydrogen-bond acceptors (Lipinski definition) is 5. The smallest absolute Gasteiger partial charge is 0.255 e. The van der Waals surface area contributed by atoms with E-state index in [1.807, 2.05) is 76.2 Å². The minimum atomic E-state index is -0.153. The first-order chi connectivity index (χ1) is 15.3. The maximum atomic E-state index is 12.3. The van der Waals surface area contributed by atoms with Crippen molar-refractivity contribution in [3.05, 3.63) is 83.0 Å². The number of methoxy groups -OCH3 is 1. The van der Waals surface area contributed by atoms with Gasteiger partial charge in [0.25, 0.3) is 5.91 Å². The summed E-state index contributed by atoms with van der Waals surface area (Å²) in [6.45, 7) is 3.99. The molecule has 0 aliphatic heterocycles. The van der Waals surface area contributed by atoms with Crippen LogP contribution in [0, 0.1) is 6.92 Å². The number of rotatable bonds is 3. The Morgan fingerprint density at radius 3 is 2.06 bits per heavy atom. The number of anilines is 1. The van der Waals surface area contributed by atoms with Crippen LogP contribution in [0.5, 0.6) is 0 Å². The fourth-order valence-corrected chi connectivity index (χ4v) is 2.44. The van der Waals surface area contributed by atoms with Crippen LogP contribution in [-0.4, -0.2) is 57.9 Å². The van der Waals surface area contributed by atoms with Crippen molar-refractivity contribution in [1.29, 1.82) is 0 Å². The number of carbonyl (C=O) groups excluding carboxylic acids is 2. The van der Waals surface area contributed by atoms with Gasteiger partial charge in [-0.1, -0.05) is 35.4 Å². The monoisotopic (exact) mass is 457 g/mol. The highest BCUT2D eigenvalue weighted by Gasteiger charge is 2.09. The van der Waals surface area contributed by atoms with E-state index in [-0.39, 0.29) is 5.91 Å². The molecule has 0 atom stereocenters. The van der Waals surface area contributed by atoms with Crippen LogP contribution in [0.1, 0.15) is 15.9 Å². The molecule has 0 radical (unpaired) electrons. The fraction of sp³-hybridized carbons (Fsp3) is 0.240. The zero-order valence-electron chi connectivity index (χ0n) is 19.6. The molecular weight excluding hydrogens is 426 g/mol. The molecule has 0 unspecified atom stereocenters. The number of benzene rings is 2. The third-order valence-electron chi connectivity index (χ3n) is 3.48. The zero-order chi connectivity index (χ0) is 24.5. The molecule has 0 aliphatic carbocycles. The Morgan fingerprint density at radius 2 is 1.56 bits per heavy atom. The fourth-order valence-electron chi connectivity index (χ4n) is 2.23. The Morgan fingerprint density at radius 1 is 1.00 bits per heavy atom. The lowest BCUT2D eigenvalue weighted by atomic mass is 10.1. The number of aromatic nitrogens is 1. The molecule has 172 valence electrons. The highest BCUT2D eigenvalue weighted by atomic mass is 35.5. The van der Waals surface area contributed by atoms with E-state index in [4.69, 9.17) is 16.4 Å². The summed E-state index contributed by atoms with van der Waals surface area (Å²) in [7, 11) is 9.25. The van der Waals surface area contributed by atoms with Gasteiger partial charge in [0.1, 0.15) is 6.79 Å². The Hall–Kier alpha value is -3.06. The van der Waals surface area contributed by atoms with Crippen LogP contribution >= 0.6 is 11.6 Å². The molecule has 3 rings (SSSR count). The summed E-state index contributed by atoms with van der Waals surface area (Å²) >= 11 is 6.25. The van der Waals surface area contributed by atoms with Gasteiger partial charge in [-0.25, -0.2) is 0 Å². The van der Waals surface area contributed by atoms with E-state index in [0.717, 1.165) is 16.8 Å². The molecule has 0 saturated heterocycles. The van der Waals surface area contributed by atoms with Crippen molar-refractivity contribution in [3.63, 3.8) is 0 Å². The molecule has 6 nitrogen and oxygen atoms in total. The minimum Gasteiger partial charge on any atom is -0.388 e. The molecule has 0 saturated carbocycles. The number of pyridine rings is 1. The summed E-state index contributed by atoms with van der Waals surface area (Å²) in [4.78, 5) is 26.6. The van der Waals surface area contributed by atoms with E-state index in [0.29, 0.717) is 16.3 Å². The van der Waals surface area contributed by atoms with Crippen molar-refractivity contribution in [2.24, 2.45) is 0 Å². The molecule has 32 heavy (non-hydrogen) atoms. The first-order valence-corrected chi connectivity index (χ1v) is 10.0. The van der Waals surface area contributed by atoms with Gasteiger partial charge in [0.15, 0.2) is 0 Å². The summed E-state index contributed by atoms with van der Waals surface area (Å²) in [5.74, 6) is -0.153. The number of aryl methyl sites for hydroxylation is 1. The van der Waals surface area contributed by atoms with E-state index >= 15 is 0 Å². The third-order valence-corrected chi connectivity index (χ3v) is 3.81. The number of carbonyl (C=O) groups is 2. The normalized spacial score (nSPS) is 9.25. The van der Waals surface area contributed by atoms with Gasteiger partial charge >= 0.3 is 0 Å². The Kier molecular flexibility index (Phi) is 15.0. The molecule has 3 aromatic rings. The van der Waals surface area contributed by atoms with Gasteiger partial charge < -0.3 is 19.7 Å².